The van der Waals surface area contributed by atoms with Crippen LogP contribution in [-0.2, 0) is 10.3 Å². The first-order chi connectivity index (χ1) is 8.60. The fourth-order valence-corrected chi connectivity index (χ4v) is 2.46. The summed E-state index contributed by atoms with van der Waals surface area (Å²) in [6.07, 6.45) is 0.231. The molecule has 1 aromatic carbocycles. The Kier molecular flexibility index (Phi) is 3.11. The number of hydrogen-bond donors (Lipinski definition) is 0. The highest BCUT2D eigenvalue weighted by Crippen LogP contribution is 2.40. The Morgan fingerprint density at radius 3 is 2.61 bits per heavy atom. The van der Waals surface area contributed by atoms with Crippen molar-refractivity contribution in [1.29, 1.82) is 5.26 Å². The second-order valence-electron chi connectivity index (χ2n) is 4.51. The number of ketones is 1. The summed E-state index contributed by atoms with van der Waals surface area (Å²) in [5.74, 6) is -1.06. The van der Waals surface area contributed by atoms with Crippen LogP contribution in [0.4, 0.5) is 0 Å². The predicted molar refractivity (Wildman–Crippen MR) is 63.1 cm³/mol. The zero-order valence-electron chi connectivity index (χ0n) is 9.70. The van der Waals surface area contributed by atoms with Gasteiger partial charge >= 0.3 is 0 Å². The molecule has 1 aromatic rings. The van der Waals surface area contributed by atoms with Crippen LogP contribution in [0.1, 0.15) is 24.8 Å². The molecule has 2 unspecified atom stereocenters. The third kappa shape index (κ3) is 1.86. The summed E-state index contributed by atoms with van der Waals surface area (Å²) < 4.78 is 0. The molecule has 0 N–H and O–H groups in total. The first-order valence-corrected chi connectivity index (χ1v) is 5.72. The highest BCUT2D eigenvalue weighted by molar-refractivity contribution is 5.84. The minimum absolute atomic E-state index is 0.0284. The molecule has 2 rings (SSSR count). The van der Waals surface area contributed by atoms with Crippen LogP contribution in [0.3, 0.4) is 0 Å². The van der Waals surface area contributed by atoms with E-state index in [4.69, 9.17) is 5.26 Å². The molecule has 2 atom stereocenters. The van der Waals surface area contributed by atoms with Gasteiger partial charge in [0.2, 0.25) is 5.54 Å². The summed E-state index contributed by atoms with van der Waals surface area (Å²) in [6.45, 7) is 0. The van der Waals surface area contributed by atoms with Crippen LogP contribution < -0.4 is 0 Å². The van der Waals surface area contributed by atoms with E-state index >= 15 is 0 Å². The molecular weight excluding hydrogens is 232 g/mol. The lowest BCUT2D eigenvalue weighted by atomic mass is 9.72. The number of carbonyl (C=O) groups is 1. The molecule has 18 heavy (non-hydrogen) atoms. The van der Waals surface area contributed by atoms with Gasteiger partial charge in [0, 0.05) is 29.7 Å². The quantitative estimate of drug-likeness (QED) is 0.588. The van der Waals surface area contributed by atoms with E-state index in [1.165, 1.54) is 0 Å². The minimum atomic E-state index is -1.30. The van der Waals surface area contributed by atoms with Crippen molar-refractivity contribution >= 4 is 5.78 Å². The predicted octanol–water partition coefficient (Wildman–Crippen LogP) is 2.05. The van der Waals surface area contributed by atoms with Gasteiger partial charge in [-0.15, -0.1) is 0 Å². The van der Waals surface area contributed by atoms with E-state index in [1.807, 2.05) is 6.07 Å². The molecule has 5 heteroatoms. The molecule has 0 amide bonds. The highest BCUT2D eigenvalue weighted by atomic mass is 16.6. The number of benzene rings is 1. The van der Waals surface area contributed by atoms with Crippen LogP contribution in [0.25, 0.3) is 0 Å². The number of carbonyl (C=O) groups excluding carboxylic acids is 1. The van der Waals surface area contributed by atoms with Gasteiger partial charge in [0.25, 0.3) is 0 Å². The van der Waals surface area contributed by atoms with Gasteiger partial charge < -0.3 is 0 Å². The van der Waals surface area contributed by atoms with Gasteiger partial charge in [-0.3, -0.25) is 14.9 Å². The fraction of sp³-hybridized carbons (Fsp3) is 0.385. The Morgan fingerprint density at radius 1 is 1.39 bits per heavy atom. The van der Waals surface area contributed by atoms with Crippen molar-refractivity contribution in [3.8, 4) is 6.07 Å². The van der Waals surface area contributed by atoms with Gasteiger partial charge in [0.15, 0.2) is 5.78 Å². The lowest BCUT2D eigenvalue weighted by molar-refractivity contribution is -0.584. The van der Waals surface area contributed by atoms with Crippen molar-refractivity contribution in [1.82, 2.24) is 0 Å². The molecule has 0 spiro atoms. The summed E-state index contributed by atoms with van der Waals surface area (Å²) >= 11 is 0. The second kappa shape index (κ2) is 4.57. The Balaban J connectivity index is 2.44. The molecule has 0 saturated heterocycles. The van der Waals surface area contributed by atoms with Gasteiger partial charge in [0.05, 0.1) is 6.07 Å². The van der Waals surface area contributed by atoms with Crippen molar-refractivity contribution in [3.05, 3.63) is 46.0 Å². The van der Waals surface area contributed by atoms with E-state index in [1.54, 1.807) is 30.3 Å². The molecule has 1 fully saturated rings. The molecule has 1 saturated carbocycles. The van der Waals surface area contributed by atoms with Gasteiger partial charge in [-0.2, -0.15) is 5.26 Å². The number of nitrogens with zero attached hydrogens (tertiary/aromatic N) is 2. The molecule has 0 radical (unpaired) electrons. The SMILES string of the molecule is N#CC1CC(c2ccccc2)([N+](=O)[O-])CCC1=O. The number of hydrogen-bond acceptors (Lipinski definition) is 4. The molecule has 5 nitrogen and oxygen atoms in total. The van der Waals surface area contributed by atoms with Crippen LogP contribution in [-0.4, -0.2) is 10.7 Å². The van der Waals surface area contributed by atoms with Crippen molar-refractivity contribution in [2.75, 3.05) is 0 Å². The average molecular weight is 244 g/mol. The van der Waals surface area contributed by atoms with E-state index in [9.17, 15) is 14.9 Å². The minimum Gasteiger partial charge on any atom is -0.298 e. The van der Waals surface area contributed by atoms with Gasteiger partial charge in [-0.1, -0.05) is 30.3 Å². The molecule has 0 aromatic heterocycles. The van der Waals surface area contributed by atoms with Crippen LogP contribution >= 0.6 is 0 Å². The van der Waals surface area contributed by atoms with E-state index in [0.717, 1.165) is 0 Å². The molecule has 0 bridgehead atoms. The van der Waals surface area contributed by atoms with E-state index in [0.29, 0.717) is 5.56 Å². The summed E-state index contributed by atoms with van der Waals surface area (Å²) in [5.41, 5.74) is -0.724. The molecule has 92 valence electrons. The van der Waals surface area contributed by atoms with Gasteiger partial charge in [-0.25, -0.2) is 0 Å². The topological polar surface area (TPSA) is 84.0 Å². The van der Waals surface area contributed by atoms with Crippen molar-refractivity contribution in [2.45, 2.75) is 24.8 Å². The summed E-state index contributed by atoms with van der Waals surface area (Å²) in [4.78, 5) is 22.6. The van der Waals surface area contributed by atoms with Crippen molar-refractivity contribution in [3.63, 3.8) is 0 Å². The van der Waals surface area contributed by atoms with Crippen molar-refractivity contribution in [2.24, 2.45) is 5.92 Å². The van der Waals surface area contributed by atoms with Crippen LogP contribution in [0.5, 0.6) is 0 Å². The van der Waals surface area contributed by atoms with Gasteiger partial charge in [0.1, 0.15) is 5.92 Å². The van der Waals surface area contributed by atoms with Gasteiger partial charge in [-0.05, 0) is 0 Å². The Bertz CT molecular complexity index is 521. The van der Waals surface area contributed by atoms with Crippen LogP contribution in [0, 0.1) is 27.4 Å². The first kappa shape index (κ1) is 12.2. The number of Topliss-reactive ketones (excluding diaryl/α,β-unsaturated/α-hetero) is 1. The standard InChI is InChI=1S/C13H12N2O3/c14-9-10-8-13(15(17)18,7-6-12(10)16)11-4-2-1-3-5-11/h1-5,10H,6-8H2. The van der Waals surface area contributed by atoms with Crippen LogP contribution in [0.2, 0.25) is 0 Å². The average Bonchev–Trinajstić information content (AvgIpc) is 2.40. The maximum Gasteiger partial charge on any atom is 0.249 e. The molecule has 0 aliphatic heterocycles. The monoisotopic (exact) mass is 244 g/mol. The summed E-state index contributed by atoms with van der Waals surface area (Å²) in [7, 11) is 0. The first-order valence-electron chi connectivity index (χ1n) is 5.72. The zero-order valence-corrected chi connectivity index (χ0v) is 9.70. The normalized spacial score (nSPS) is 27.5. The molecular formula is C13H12N2O3. The lowest BCUT2D eigenvalue weighted by Gasteiger charge is -2.30. The molecule has 0 heterocycles. The van der Waals surface area contributed by atoms with E-state index < -0.39 is 11.5 Å². The second-order valence-corrected chi connectivity index (χ2v) is 4.51. The molecule has 1 aliphatic rings. The summed E-state index contributed by atoms with van der Waals surface area (Å²) in [6, 6.07) is 10.5. The molecule has 1 aliphatic carbocycles. The fourth-order valence-electron chi connectivity index (χ4n) is 2.46. The van der Waals surface area contributed by atoms with E-state index in [-0.39, 0.29) is 30.0 Å². The Labute approximate surface area is 104 Å². The smallest absolute Gasteiger partial charge is 0.249 e. The summed E-state index contributed by atoms with van der Waals surface area (Å²) in [5, 5.41) is 20.4. The van der Waals surface area contributed by atoms with Crippen molar-refractivity contribution < 1.29 is 9.72 Å². The highest BCUT2D eigenvalue weighted by Gasteiger charge is 2.51. The Morgan fingerprint density at radius 2 is 2.06 bits per heavy atom. The third-order valence-corrected chi connectivity index (χ3v) is 3.53. The Hall–Kier alpha value is -2.22. The lowest BCUT2D eigenvalue weighted by Crippen LogP contribution is -2.43. The number of nitro groups is 1. The maximum atomic E-state index is 11.5. The zero-order chi connectivity index (χ0) is 13.2. The van der Waals surface area contributed by atoms with E-state index in [2.05, 4.69) is 0 Å². The van der Waals surface area contributed by atoms with Crippen LogP contribution in [0.15, 0.2) is 30.3 Å². The number of rotatable bonds is 2. The third-order valence-electron chi connectivity index (χ3n) is 3.53. The number of nitriles is 1. The largest absolute Gasteiger partial charge is 0.298 e. The maximum absolute atomic E-state index is 11.5.